The van der Waals surface area contributed by atoms with Gasteiger partial charge in [-0.2, -0.15) is 23.3 Å². The highest BCUT2D eigenvalue weighted by Gasteiger charge is 2.32. The van der Waals surface area contributed by atoms with Gasteiger partial charge in [0.15, 0.2) is 0 Å². The molecule has 14 heteroatoms. The van der Waals surface area contributed by atoms with E-state index in [4.69, 9.17) is 4.52 Å². The van der Waals surface area contributed by atoms with Crippen LogP contribution in [0.3, 0.4) is 0 Å². The fourth-order valence-corrected chi connectivity index (χ4v) is 3.46. The molecule has 4 aromatic rings. The van der Waals surface area contributed by atoms with Gasteiger partial charge in [-0.25, -0.2) is 0 Å². The van der Waals surface area contributed by atoms with Gasteiger partial charge in [-0.1, -0.05) is 11.2 Å². The molecule has 1 amide bonds. The third-order valence-corrected chi connectivity index (χ3v) is 5.09. The van der Waals surface area contributed by atoms with Crippen LogP contribution in [0.1, 0.15) is 37.0 Å². The maximum atomic E-state index is 13.3. The number of benzene rings is 1. The number of hydrogen-bond donors (Lipinski definition) is 1. The predicted octanol–water partition coefficient (Wildman–Crippen LogP) is 4.04. The van der Waals surface area contributed by atoms with Crippen molar-refractivity contribution >= 4 is 22.5 Å². The number of halogens is 3. The van der Waals surface area contributed by atoms with Crippen LogP contribution in [0, 0.1) is 10.1 Å². The Balaban J connectivity index is 1.60. The molecule has 0 radical (unpaired) electrons. The van der Waals surface area contributed by atoms with Gasteiger partial charge in [-0.05, 0) is 32.9 Å². The molecule has 1 aromatic carbocycles. The molecule has 3 aromatic heterocycles. The Bertz CT molecular complexity index is 1410. The van der Waals surface area contributed by atoms with Crippen molar-refractivity contribution in [1.82, 2.24) is 29.8 Å². The van der Waals surface area contributed by atoms with Crippen molar-refractivity contribution < 1.29 is 27.4 Å². The van der Waals surface area contributed by atoms with E-state index in [1.54, 1.807) is 10.9 Å². The van der Waals surface area contributed by atoms with Gasteiger partial charge >= 0.3 is 6.18 Å². The molecule has 4 rings (SSSR count). The number of carbonyl (C=O) groups excluding carboxylic acids is 1. The lowest BCUT2D eigenvalue weighted by Crippen LogP contribution is -2.24. The van der Waals surface area contributed by atoms with Gasteiger partial charge in [-0.3, -0.25) is 19.6 Å². The molecule has 1 N–H and O–H groups in total. The molecule has 184 valence electrons. The van der Waals surface area contributed by atoms with Crippen LogP contribution in [0.4, 0.5) is 18.9 Å². The lowest BCUT2D eigenvalue weighted by atomic mass is 10.1. The molecule has 0 fully saturated rings. The Morgan fingerprint density at radius 2 is 2.00 bits per heavy atom. The van der Waals surface area contributed by atoms with Crippen LogP contribution in [-0.4, -0.2) is 41.5 Å². The molecule has 0 aliphatic carbocycles. The average molecular weight is 491 g/mol. The number of nitrogens with one attached hydrogen (secondary N) is 1. The SMILES string of the molecule is CC(C)(C)n1cc(C(=O)NCc2nc(-c3cc4c([N+](=O)[O-])cccc4n3CC(F)(F)F)no2)cn1. The van der Waals surface area contributed by atoms with Crippen LogP contribution >= 0.6 is 0 Å². The van der Waals surface area contributed by atoms with Crippen molar-refractivity contribution in [2.45, 2.75) is 45.6 Å². The second-order valence-corrected chi connectivity index (χ2v) is 8.74. The highest BCUT2D eigenvalue weighted by Crippen LogP contribution is 2.34. The molecule has 0 unspecified atom stereocenters. The van der Waals surface area contributed by atoms with E-state index in [-0.39, 0.29) is 46.1 Å². The molecule has 0 aliphatic rings. The fourth-order valence-electron chi connectivity index (χ4n) is 3.46. The first kappa shape index (κ1) is 23.9. The number of aromatic nitrogens is 5. The van der Waals surface area contributed by atoms with Crippen molar-refractivity contribution in [2.24, 2.45) is 0 Å². The molecule has 0 spiro atoms. The topological polar surface area (TPSA) is 134 Å². The number of carbonyl (C=O) groups is 1. The molecule has 0 saturated carbocycles. The van der Waals surface area contributed by atoms with E-state index >= 15 is 0 Å². The minimum atomic E-state index is -4.61. The lowest BCUT2D eigenvalue weighted by Gasteiger charge is -2.18. The number of alkyl halides is 3. The van der Waals surface area contributed by atoms with E-state index in [9.17, 15) is 28.1 Å². The highest BCUT2D eigenvalue weighted by molar-refractivity contribution is 5.94. The van der Waals surface area contributed by atoms with Crippen LogP contribution in [-0.2, 0) is 18.6 Å². The maximum absolute atomic E-state index is 13.3. The normalized spacial score (nSPS) is 12.3. The standard InChI is InChI=1S/C21H20F3N7O4/c1-20(2,3)30-10-12(8-26-30)19(32)25-9-17-27-18(28-35-17)16-7-13-14(29(16)11-21(22,23)24)5-4-6-15(13)31(33)34/h4-8,10H,9,11H2,1-3H3,(H,25,32). The van der Waals surface area contributed by atoms with Crippen LogP contribution in [0.2, 0.25) is 0 Å². The third-order valence-electron chi connectivity index (χ3n) is 5.09. The van der Waals surface area contributed by atoms with Gasteiger partial charge in [0, 0.05) is 12.3 Å². The van der Waals surface area contributed by atoms with Gasteiger partial charge in [0.25, 0.3) is 11.6 Å². The van der Waals surface area contributed by atoms with Crippen LogP contribution in [0.5, 0.6) is 0 Å². The smallest absolute Gasteiger partial charge is 0.343 e. The summed E-state index contributed by atoms with van der Waals surface area (Å²) < 4.78 is 47.4. The van der Waals surface area contributed by atoms with Crippen molar-refractivity contribution in [3.8, 4) is 11.5 Å². The second kappa shape index (κ2) is 8.52. The number of nitro benzene ring substituents is 1. The molecule has 3 heterocycles. The van der Waals surface area contributed by atoms with E-state index in [2.05, 4.69) is 20.6 Å². The van der Waals surface area contributed by atoms with Gasteiger partial charge in [0.1, 0.15) is 6.54 Å². The monoisotopic (exact) mass is 491 g/mol. The lowest BCUT2D eigenvalue weighted by molar-refractivity contribution is -0.383. The van der Waals surface area contributed by atoms with E-state index in [1.165, 1.54) is 30.5 Å². The van der Waals surface area contributed by atoms with Crippen LogP contribution < -0.4 is 5.32 Å². The number of rotatable bonds is 6. The van der Waals surface area contributed by atoms with Gasteiger partial charge in [0.2, 0.25) is 11.7 Å². The average Bonchev–Trinajstić information content (AvgIpc) is 3.49. The zero-order valence-electron chi connectivity index (χ0n) is 18.8. The number of hydrogen-bond acceptors (Lipinski definition) is 7. The largest absolute Gasteiger partial charge is 0.406 e. The summed E-state index contributed by atoms with van der Waals surface area (Å²) in [6.07, 6.45) is -1.62. The first-order valence-electron chi connectivity index (χ1n) is 10.3. The van der Waals surface area contributed by atoms with E-state index in [1.807, 2.05) is 20.8 Å². The Labute approximate surface area is 195 Å². The fraction of sp³-hybridized carbons (Fsp3) is 0.333. The van der Waals surface area contributed by atoms with E-state index in [0.29, 0.717) is 5.56 Å². The minimum Gasteiger partial charge on any atom is -0.343 e. The number of nitrogens with zero attached hydrogens (tertiary/aromatic N) is 6. The summed E-state index contributed by atoms with van der Waals surface area (Å²) in [5.41, 5.74) is -0.473. The highest BCUT2D eigenvalue weighted by atomic mass is 19.4. The summed E-state index contributed by atoms with van der Waals surface area (Å²) in [5.74, 6) is -0.721. The Morgan fingerprint density at radius 1 is 1.26 bits per heavy atom. The van der Waals surface area contributed by atoms with E-state index < -0.39 is 23.6 Å². The Kier molecular flexibility index (Phi) is 5.82. The summed E-state index contributed by atoms with van der Waals surface area (Å²) >= 11 is 0. The minimum absolute atomic E-state index is 0.00189. The van der Waals surface area contributed by atoms with Crippen LogP contribution in [0.15, 0.2) is 41.2 Å². The summed E-state index contributed by atoms with van der Waals surface area (Å²) in [6, 6.07) is 5.06. The quantitative estimate of drug-likeness (QED) is 0.318. The van der Waals surface area contributed by atoms with Gasteiger partial charge in [-0.15, -0.1) is 0 Å². The predicted molar refractivity (Wildman–Crippen MR) is 116 cm³/mol. The Morgan fingerprint density at radius 3 is 2.63 bits per heavy atom. The molecule has 0 saturated heterocycles. The van der Waals surface area contributed by atoms with Crippen molar-refractivity contribution in [2.75, 3.05) is 0 Å². The molecule has 0 bridgehead atoms. The van der Waals surface area contributed by atoms with E-state index in [0.717, 1.165) is 4.57 Å². The summed E-state index contributed by atoms with van der Waals surface area (Å²) in [7, 11) is 0. The first-order valence-corrected chi connectivity index (χ1v) is 10.3. The molecule has 0 atom stereocenters. The number of non-ortho nitro benzene ring substituents is 1. The second-order valence-electron chi connectivity index (χ2n) is 8.74. The number of amides is 1. The zero-order valence-corrected chi connectivity index (χ0v) is 18.8. The summed E-state index contributed by atoms with van der Waals surface area (Å²) in [5, 5.41) is 21.8. The Hall–Kier alpha value is -4.23. The third kappa shape index (κ3) is 5.00. The molecular weight excluding hydrogens is 471 g/mol. The summed E-state index contributed by atoms with van der Waals surface area (Å²) in [4.78, 5) is 27.2. The molecule has 11 nitrogen and oxygen atoms in total. The maximum Gasteiger partial charge on any atom is 0.406 e. The molecule has 0 aliphatic heterocycles. The van der Waals surface area contributed by atoms with Gasteiger partial charge in [0.05, 0.1) is 45.4 Å². The van der Waals surface area contributed by atoms with Gasteiger partial charge < -0.3 is 14.4 Å². The number of nitro groups is 1. The zero-order chi connectivity index (χ0) is 25.5. The van der Waals surface area contributed by atoms with Crippen LogP contribution in [0.25, 0.3) is 22.4 Å². The molecular formula is C21H20F3N7O4. The van der Waals surface area contributed by atoms with Crippen molar-refractivity contribution in [3.05, 3.63) is 58.2 Å². The van der Waals surface area contributed by atoms with Crippen molar-refractivity contribution in [3.63, 3.8) is 0 Å². The summed E-state index contributed by atoms with van der Waals surface area (Å²) in [6.45, 7) is 4.18. The number of fused-ring (bicyclic) bond motifs is 1. The molecule has 35 heavy (non-hydrogen) atoms. The first-order chi connectivity index (χ1) is 16.3. The van der Waals surface area contributed by atoms with Crippen molar-refractivity contribution in [1.29, 1.82) is 0 Å².